The lowest BCUT2D eigenvalue weighted by Gasteiger charge is -2.15. The van der Waals surface area contributed by atoms with Crippen LogP contribution in [0.25, 0.3) is 0 Å². The molecule has 0 saturated heterocycles. The van der Waals surface area contributed by atoms with Gasteiger partial charge in [-0.15, -0.1) is 0 Å². The molecule has 0 aliphatic carbocycles. The molecule has 0 saturated carbocycles. The zero-order valence-electron chi connectivity index (χ0n) is 16.5. The van der Waals surface area contributed by atoms with Crippen LogP contribution in [0.2, 0.25) is 0 Å². The fourth-order valence-electron chi connectivity index (χ4n) is 2.71. The van der Waals surface area contributed by atoms with Gasteiger partial charge >= 0.3 is 0 Å². The molecule has 5 nitrogen and oxygen atoms in total. The number of benzene rings is 3. The average molecular weight is 456 g/mol. The van der Waals surface area contributed by atoms with E-state index in [0.717, 1.165) is 11.3 Å². The van der Waals surface area contributed by atoms with Crippen LogP contribution in [-0.4, -0.2) is 20.1 Å². The zero-order valence-corrected chi connectivity index (χ0v) is 18.1. The number of nitrogens with one attached hydrogen (secondary N) is 1. The van der Waals surface area contributed by atoms with Crippen molar-refractivity contribution in [3.8, 4) is 17.2 Å². The van der Waals surface area contributed by atoms with Gasteiger partial charge in [-0.05, 0) is 64.8 Å². The number of carbonyl (C=O) groups excluding carboxylic acids is 1. The molecule has 0 fully saturated rings. The molecular formula is C23H22BrNO4. The predicted molar refractivity (Wildman–Crippen MR) is 117 cm³/mol. The molecule has 0 atom stereocenters. The van der Waals surface area contributed by atoms with Gasteiger partial charge in [-0.2, -0.15) is 0 Å². The van der Waals surface area contributed by atoms with Gasteiger partial charge in [0, 0.05) is 11.3 Å². The normalized spacial score (nSPS) is 10.3. The highest BCUT2D eigenvalue weighted by atomic mass is 79.9. The number of methoxy groups -OCH3 is 2. The number of carbonyl (C=O) groups is 1. The number of aryl methyl sites for hydroxylation is 1. The molecule has 0 heterocycles. The predicted octanol–water partition coefficient (Wildman–Crippen LogP) is 5.61. The van der Waals surface area contributed by atoms with Crippen LogP contribution in [0.3, 0.4) is 0 Å². The van der Waals surface area contributed by atoms with Crippen molar-refractivity contribution in [3.05, 3.63) is 81.8 Å². The van der Waals surface area contributed by atoms with Gasteiger partial charge in [0.1, 0.15) is 12.4 Å². The van der Waals surface area contributed by atoms with Crippen LogP contribution in [-0.2, 0) is 6.61 Å². The number of hydrogen-bond acceptors (Lipinski definition) is 4. The molecule has 0 aliphatic heterocycles. The number of amides is 1. The lowest BCUT2D eigenvalue weighted by molar-refractivity contribution is 0.102. The molecule has 0 unspecified atom stereocenters. The SMILES string of the molecule is COc1ccc(NC(=O)c2cc(Br)c(OCc3ccc(C)cc3)c(OC)c2)cc1. The molecule has 6 heteroatoms. The summed E-state index contributed by atoms with van der Waals surface area (Å²) >= 11 is 3.50. The van der Waals surface area contributed by atoms with Crippen molar-refractivity contribution in [1.29, 1.82) is 0 Å². The minimum Gasteiger partial charge on any atom is -0.497 e. The van der Waals surface area contributed by atoms with E-state index in [4.69, 9.17) is 14.2 Å². The molecule has 0 bridgehead atoms. The average Bonchev–Trinajstić information content (AvgIpc) is 2.74. The Bertz CT molecular complexity index is 985. The molecule has 0 aliphatic rings. The van der Waals surface area contributed by atoms with Gasteiger partial charge in [0.25, 0.3) is 5.91 Å². The first kappa shape index (κ1) is 20.7. The fourth-order valence-corrected chi connectivity index (χ4v) is 3.26. The Morgan fingerprint density at radius 3 is 2.28 bits per heavy atom. The summed E-state index contributed by atoms with van der Waals surface area (Å²) in [6, 6.07) is 18.6. The van der Waals surface area contributed by atoms with Gasteiger partial charge in [0.2, 0.25) is 0 Å². The number of anilines is 1. The van der Waals surface area contributed by atoms with E-state index in [1.165, 1.54) is 5.56 Å². The maximum atomic E-state index is 12.7. The maximum Gasteiger partial charge on any atom is 0.255 e. The van der Waals surface area contributed by atoms with Crippen molar-refractivity contribution in [2.24, 2.45) is 0 Å². The third-order valence-electron chi connectivity index (χ3n) is 4.34. The number of ether oxygens (including phenoxy) is 3. The lowest BCUT2D eigenvalue weighted by Crippen LogP contribution is -2.12. The highest BCUT2D eigenvalue weighted by molar-refractivity contribution is 9.10. The fraction of sp³-hybridized carbons (Fsp3) is 0.174. The van der Waals surface area contributed by atoms with Gasteiger partial charge in [-0.3, -0.25) is 4.79 Å². The molecule has 29 heavy (non-hydrogen) atoms. The summed E-state index contributed by atoms with van der Waals surface area (Å²) in [5.41, 5.74) is 3.36. The highest BCUT2D eigenvalue weighted by Gasteiger charge is 2.16. The Kier molecular flexibility index (Phi) is 6.77. The third kappa shape index (κ3) is 5.29. The van der Waals surface area contributed by atoms with Crippen molar-refractivity contribution < 1.29 is 19.0 Å². The summed E-state index contributed by atoms with van der Waals surface area (Å²) in [6.07, 6.45) is 0. The van der Waals surface area contributed by atoms with E-state index in [-0.39, 0.29) is 5.91 Å². The Morgan fingerprint density at radius 2 is 1.66 bits per heavy atom. The Hall–Kier alpha value is -2.99. The number of hydrogen-bond donors (Lipinski definition) is 1. The van der Waals surface area contributed by atoms with Crippen LogP contribution in [0.5, 0.6) is 17.2 Å². The second-order valence-electron chi connectivity index (χ2n) is 6.45. The lowest BCUT2D eigenvalue weighted by atomic mass is 10.1. The third-order valence-corrected chi connectivity index (χ3v) is 4.93. The number of halogens is 1. The Balaban J connectivity index is 1.75. The van der Waals surface area contributed by atoms with Gasteiger partial charge < -0.3 is 19.5 Å². The first-order chi connectivity index (χ1) is 14.0. The van der Waals surface area contributed by atoms with Crippen molar-refractivity contribution in [2.75, 3.05) is 19.5 Å². The monoisotopic (exact) mass is 455 g/mol. The van der Waals surface area contributed by atoms with Crippen LogP contribution in [0.15, 0.2) is 65.1 Å². The number of rotatable bonds is 7. The van der Waals surface area contributed by atoms with E-state index in [1.54, 1.807) is 50.6 Å². The largest absolute Gasteiger partial charge is 0.497 e. The van der Waals surface area contributed by atoms with Gasteiger partial charge in [-0.25, -0.2) is 0 Å². The summed E-state index contributed by atoms with van der Waals surface area (Å²) in [4.78, 5) is 12.7. The minimum atomic E-state index is -0.251. The first-order valence-corrected chi connectivity index (χ1v) is 9.80. The van der Waals surface area contributed by atoms with Crippen molar-refractivity contribution in [1.82, 2.24) is 0 Å². The molecule has 0 aromatic heterocycles. The standard InChI is InChI=1S/C23H22BrNO4/c1-15-4-6-16(7-5-15)14-29-22-20(24)12-17(13-21(22)28-3)23(26)25-18-8-10-19(27-2)11-9-18/h4-13H,14H2,1-3H3,(H,25,26). The first-order valence-electron chi connectivity index (χ1n) is 9.01. The van der Waals surface area contributed by atoms with Crippen LogP contribution in [0.1, 0.15) is 21.5 Å². The summed E-state index contributed by atoms with van der Waals surface area (Å²) < 4.78 is 17.2. The highest BCUT2D eigenvalue weighted by Crippen LogP contribution is 2.37. The molecule has 3 rings (SSSR count). The van der Waals surface area contributed by atoms with Crippen LogP contribution >= 0.6 is 15.9 Å². The van der Waals surface area contributed by atoms with E-state index >= 15 is 0 Å². The zero-order chi connectivity index (χ0) is 20.8. The smallest absolute Gasteiger partial charge is 0.255 e. The second-order valence-corrected chi connectivity index (χ2v) is 7.30. The molecule has 0 radical (unpaired) electrons. The van der Waals surface area contributed by atoms with Crippen molar-refractivity contribution in [2.45, 2.75) is 13.5 Å². The van der Waals surface area contributed by atoms with E-state index in [2.05, 4.69) is 21.2 Å². The molecule has 1 amide bonds. The van der Waals surface area contributed by atoms with E-state index in [9.17, 15) is 4.79 Å². The van der Waals surface area contributed by atoms with E-state index in [0.29, 0.717) is 33.8 Å². The van der Waals surface area contributed by atoms with Gasteiger partial charge in [0.15, 0.2) is 11.5 Å². The molecule has 3 aromatic rings. The summed E-state index contributed by atoms with van der Waals surface area (Å²) in [5.74, 6) is 1.50. The van der Waals surface area contributed by atoms with E-state index in [1.807, 2.05) is 31.2 Å². The quantitative estimate of drug-likeness (QED) is 0.503. The Labute approximate surface area is 178 Å². The summed E-state index contributed by atoms with van der Waals surface area (Å²) in [6.45, 7) is 2.44. The summed E-state index contributed by atoms with van der Waals surface area (Å²) in [5, 5.41) is 2.86. The minimum absolute atomic E-state index is 0.251. The second kappa shape index (κ2) is 9.47. The van der Waals surface area contributed by atoms with Crippen molar-refractivity contribution >= 4 is 27.5 Å². The van der Waals surface area contributed by atoms with Crippen LogP contribution in [0.4, 0.5) is 5.69 Å². The van der Waals surface area contributed by atoms with Crippen LogP contribution < -0.4 is 19.5 Å². The summed E-state index contributed by atoms with van der Waals surface area (Å²) in [7, 11) is 3.14. The topological polar surface area (TPSA) is 56.8 Å². The van der Waals surface area contributed by atoms with Gasteiger partial charge in [-0.1, -0.05) is 29.8 Å². The maximum absolute atomic E-state index is 12.7. The molecule has 0 spiro atoms. The van der Waals surface area contributed by atoms with Gasteiger partial charge in [0.05, 0.1) is 18.7 Å². The molecule has 150 valence electrons. The van der Waals surface area contributed by atoms with Crippen LogP contribution in [0, 0.1) is 6.92 Å². The Morgan fingerprint density at radius 1 is 0.966 bits per heavy atom. The van der Waals surface area contributed by atoms with E-state index < -0.39 is 0 Å². The molecule has 3 aromatic carbocycles. The van der Waals surface area contributed by atoms with Crippen molar-refractivity contribution in [3.63, 3.8) is 0 Å². The molecule has 1 N–H and O–H groups in total. The molecular weight excluding hydrogens is 434 g/mol.